The zero-order chi connectivity index (χ0) is 27.6. The third-order valence-corrected chi connectivity index (χ3v) is 7.57. The van der Waals surface area contributed by atoms with Crippen molar-refractivity contribution in [2.24, 2.45) is 22.4 Å². The number of carbonyl (C=O) groups is 2. The molecule has 39 heavy (non-hydrogen) atoms. The minimum atomic E-state index is -0.834. The molecule has 5 rings (SSSR count). The summed E-state index contributed by atoms with van der Waals surface area (Å²) < 4.78 is 27.7. The first kappa shape index (κ1) is 26.6. The van der Waals surface area contributed by atoms with Crippen molar-refractivity contribution >= 4 is 28.5 Å². The number of nitrogens with zero attached hydrogens (tertiary/aromatic N) is 2. The molecule has 10 heteroatoms. The molecule has 1 saturated carbocycles. The van der Waals surface area contributed by atoms with Gasteiger partial charge in [0.1, 0.15) is 17.2 Å². The lowest BCUT2D eigenvalue weighted by Gasteiger charge is -2.26. The van der Waals surface area contributed by atoms with Gasteiger partial charge in [0, 0.05) is 43.9 Å². The lowest BCUT2D eigenvalue weighted by Crippen LogP contribution is -2.52. The number of hydrogen-bond acceptors (Lipinski definition) is 4. The Hall–Kier alpha value is -4.05. The van der Waals surface area contributed by atoms with Crippen molar-refractivity contribution in [2.45, 2.75) is 37.4 Å². The number of nitrogens with two attached hydrogens (primary N) is 2. The minimum Gasteiger partial charge on any atom is -0.370 e. The molecule has 1 aliphatic heterocycles. The first-order valence-corrected chi connectivity index (χ1v) is 13.1. The van der Waals surface area contributed by atoms with E-state index in [1.165, 1.54) is 12.1 Å². The number of fused-ring (bicyclic) bond motifs is 1. The van der Waals surface area contributed by atoms with Gasteiger partial charge in [-0.2, -0.15) is 0 Å². The summed E-state index contributed by atoms with van der Waals surface area (Å²) in [6, 6.07) is 16.5. The first-order chi connectivity index (χ1) is 18.7. The molecule has 204 valence electrons. The van der Waals surface area contributed by atoms with Crippen molar-refractivity contribution < 1.29 is 18.4 Å². The van der Waals surface area contributed by atoms with E-state index in [0.717, 1.165) is 16.8 Å². The van der Waals surface area contributed by atoms with Gasteiger partial charge in [-0.15, -0.1) is 0 Å². The molecular weight excluding hydrogens is 502 g/mol. The summed E-state index contributed by atoms with van der Waals surface area (Å²) in [6.07, 6.45) is 1.76. The number of carbonyl (C=O) groups excluding carboxylic acids is 2. The standard InChI is InChI=1S/C29H32F2N6O2/c30-23-11-18(12-24(31)14-23)17-37-10-8-25(36-29(27(37)39)15-22(29)7-9-34-28(32)33)16-35-26(38)21-6-5-19-3-1-2-4-20(19)13-21/h1-6,11-14,22,25,36H,7-10,15-17H2,(H,35,38)(H4,32,33,34)/t22?,25-,29?/m0/s1. The smallest absolute Gasteiger partial charge is 0.251 e. The van der Waals surface area contributed by atoms with Gasteiger partial charge in [-0.3, -0.25) is 19.9 Å². The Morgan fingerprint density at radius 1 is 1.08 bits per heavy atom. The Morgan fingerprint density at radius 3 is 2.56 bits per heavy atom. The highest BCUT2D eigenvalue weighted by Gasteiger charge is 2.62. The molecule has 6 N–H and O–H groups in total. The molecule has 2 unspecified atom stereocenters. The molecule has 2 fully saturated rings. The van der Waals surface area contributed by atoms with Crippen LogP contribution in [0.1, 0.15) is 35.2 Å². The van der Waals surface area contributed by atoms with Crippen LogP contribution in [0.25, 0.3) is 10.8 Å². The number of nitrogens with one attached hydrogen (secondary N) is 2. The Morgan fingerprint density at radius 2 is 1.82 bits per heavy atom. The maximum Gasteiger partial charge on any atom is 0.251 e. The second kappa shape index (κ2) is 11.0. The summed E-state index contributed by atoms with van der Waals surface area (Å²) >= 11 is 0. The van der Waals surface area contributed by atoms with Crippen LogP contribution in [0, 0.1) is 17.6 Å². The van der Waals surface area contributed by atoms with E-state index in [0.29, 0.717) is 50.0 Å². The van der Waals surface area contributed by atoms with E-state index < -0.39 is 17.2 Å². The molecule has 3 aromatic rings. The van der Waals surface area contributed by atoms with E-state index in [-0.39, 0.29) is 36.3 Å². The van der Waals surface area contributed by atoms with Crippen LogP contribution in [-0.4, -0.2) is 53.9 Å². The topological polar surface area (TPSA) is 126 Å². The van der Waals surface area contributed by atoms with Crippen LogP contribution >= 0.6 is 0 Å². The van der Waals surface area contributed by atoms with Crippen LogP contribution in [-0.2, 0) is 11.3 Å². The van der Waals surface area contributed by atoms with E-state index in [2.05, 4.69) is 15.6 Å². The largest absolute Gasteiger partial charge is 0.370 e. The fourth-order valence-electron chi connectivity index (χ4n) is 5.54. The van der Waals surface area contributed by atoms with Gasteiger partial charge in [-0.1, -0.05) is 30.3 Å². The molecule has 8 nitrogen and oxygen atoms in total. The Bertz CT molecular complexity index is 1410. The second-order valence-electron chi connectivity index (χ2n) is 10.4. The summed E-state index contributed by atoms with van der Waals surface area (Å²) in [6.45, 7) is 1.18. The monoisotopic (exact) mass is 534 g/mol. The zero-order valence-electron chi connectivity index (χ0n) is 21.5. The maximum atomic E-state index is 13.8. The van der Waals surface area contributed by atoms with E-state index >= 15 is 0 Å². The number of guanidine groups is 1. The average Bonchev–Trinajstić information content (AvgIpc) is 3.62. The Balaban J connectivity index is 1.30. The van der Waals surface area contributed by atoms with Gasteiger partial charge in [0.2, 0.25) is 5.91 Å². The molecule has 0 aromatic heterocycles. The molecule has 0 bridgehead atoms. The van der Waals surface area contributed by atoms with Crippen LogP contribution in [0.15, 0.2) is 65.7 Å². The predicted molar refractivity (Wildman–Crippen MR) is 146 cm³/mol. The zero-order valence-corrected chi connectivity index (χ0v) is 21.5. The molecule has 1 saturated heterocycles. The molecule has 2 amide bonds. The Kier molecular flexibility index (Phi) is 7.47. The van der Waals surface area contributed by atoms with Crippen LogP contribution in [0.2, 0.25) is 0 Å². The van der Waals surface area contributed by atoms with Gasteiger partial charge in [-0.05, 0) is 65.8 Å². The average molecular weight is 535 g/mol. The van der Waals surface area contributed by atoms with Gasteiger partial charge in [0.15, 0.2) is 5.96 Å². The quantitative estimate of drug-likeness (QED) is 0.261. The summed E-state index contributed by atoms with van der Waals surface area (Å²) in [4.78, 5) is 32.4. The van der Waals surface area contributed by atoms with Crippen molar-refractivity contribution in [1.82, 2.24) is 15.5 Å². The molecule has 2 aliphatic rings. The molecule has 1 spiro atoms. The van der Waals surface area contributed by atoms with Crippen molar-refractivity contribution in [3.05, 3.63) is 83.4 Å². The predicted octanol–water partition coefficient (Wildman–Crippen LogP) is 2.66. The summed E-state index contributed by atoms with van der Waals surface area (Å²) in [5, 5.41) is 8.56. The molecule has 1 aliphatic carbocycles. The van der Waals surface area contributed by atoms with Crippen molar-refractivity contribution in [3.8, 4) is 0 Å². The molecular formula is C29H32F2N6O2. The highest BCUT2D eigenvalue weighted by Crippen LogP contribution is 2.48. The van der Waals surface area contributed by atoms with Crippen LogP contribution in [0.5, 0.6) is 0 Å². The third kappa shape index (κ3) is 6.01. The van der Waals surface area contributed by atoms with E-state index in [1.54, 1.807) is 11.0 Å². The van der Waals surface area contributed by atoms with Crippen LogP contribution in [0.4, 0.5) is 8.78 Å². The number of benzene rings is 3. The fourth-order valence-corrected chi connectivity index (χ4v) is 5.54. The number of rotatable bonds is 8. The highest BCUT2D eigenvalue weighted by molar-refractivity contribution is 5.98. The van der Waals surface area contributed by atoms with Gasteiger partial charge < -0.3 is 21.7 Å². The maximum absolute atomic E-state index is 13.8. The lowest BCUT2D eigenvalue weighted by molar-refractivity contribution is -0.134. The number of halogens is 2. The van der Waals surface area contributed by atoms with Crippen LogP contribution < -0.4 is 22.1 Å². The Labute approximate surface area is 225 Å². The number of aliphatic imine (C=N–C) groups is 1. The van der Waals surface area contributed by atoms with Gasteiger partial charge in [0.05, 0.1) is 0 Å². The van der Waals surface area contributed by atoms with Gasteiger partial charge in [0.25, 0.3) is 5.91 Å². The second-order valence-corrected chi connectivity index (χ2v) is 10.4. The lowest BCUT2D eigenvalue weighted by atomic mass is 10.1. The van der Waals surface area contributed by atoms with E-state index in [9.17, 15) is 18.4 Å². The van der Waals surface area contributed by atoms with E-state index in [1.807, 2.05) is 36.4 Å². The van der Waals surface area contributed by atoms with Crippen LogP contribution in [0.3, 0.4) is 0 Å². The third-order valence-electron chi connectivity index (χ3n) is 7.57. The molecule has 1 heterocycles. The molecule has 3 aromatic carbocycles. The van der Waals surface area contributed by atoms with Crippen molar-refractivity contribution in [2.75, 3.05) is 19.6 Å². The van der Waals surface area contributed by atoms with Gasteiger partial charge in [-0.25, -0.2) is 8.78 Å². The summed E-state index contributed by atoms with van der Waals surface area (Å²) in [7, 11) is 0. The normalized spacial score (nSPS) is 22.5. The van der Waals surface area contributed by atoms with Crippen molar-refractivity contribution in [1.29, 1.82) is 0 Å². The highest BCUT2D eigenvalue weighted by atomic mass is 19.1. The van der Waals surface area contributed by atoms with Crippen molar-refractivity contribution in [3.63, 3.8) is 0 Å². The fraction of sp³-hybridized carbons (Fsp3) is 0.345. The molecule has 0 radical (unpaired) electrons. The summed E-state index contributed by atoms with van der Waals surface area (Å²) in [5.41, 5.74) is 11.0. The first-order valence-electron chi connectivity index (χ1n) is 13.1. The summed E-state index contributed by atoms with van der Waals surface area (Å²) in [5.74, 6) is -1.69. The molecule has 3 atom stereocenters. The van der Waals surface area contributed by atoms with Gasteiger partial charge >= 0.3 is 0 Å². The number of amides is 2. The number of hydrogen-bond donors (Lipinski definition) is 4. The SMILES string of the molecule is NC(N)=NCCC1CC12N[C@H](CNC(=O)c1ccc3ccccc3c1)CCN(Cc1cc(F)cc(F)c1)C2=O. The van der Waals surface area contributed by atoms with E-state index in [4.69, 9.17) is 11.5 Å². The minimum absolute atomic E-state index is 0.00312.